The van der Waals surface area contributed by atoms with Gasteiger partial charge in [-0.15, -0.1) is 0 Å². The molecule has 0 atom stereocenters. The number of hydrogen-bond donors (Lipinski definition) is 1. The number of imide groups is 1. The standard InChI is InChI=1S/C26H16ClFN4O3/c1-2-35-15-8-9-18-22(12-15)31-24(32-25(33)16-5-3-4-6-17(16)26(32)34)19(13-29)23(18)30-14-7-10-21(28)20(27)11-14/h3-12H,2H2,1H3,(H,30,31). The van der Waals surface area contributed by atoms with Crippen LogP contribution in [0.2, 0.25) is 5.02 Å². The lowest BCUT2D eigenvalue weighted by molar-refractivity contribution is 0.0925. The largest absolute Gasteiger partial charge is 0.494 e. The van der Waals surface area contributed by atoms with Crippen LogP contribution >= 0.6 is 11.6 Å². The molecule has 1 aliphatic rings. The molecule has 35 heavy (non-hydrogen) atoms. The summed E-state index contributed by atoms with van der Waals surface area (Å²) < 4.78 is 19.3. The molecule has 1 aliphatic heterocycles. The first-order valence-corrected chi connectivity index (χ1v) is 11.0. The van der Waals surface area contributed by atoms with E-state index in [9.17, 15) is 19.2 Å². The molecule has 0 bridgehead atoms. The van der Waals surface area contributed by atoms with E-state index >= 15 is 0 Å². The molecule has 4 aromatic rings. The van der Waals surface area contributed by atoms with E-state index in [2.05, 4.69) is 16.4 Å². The van der Waals surface area contributed by atoms with Crippen molar-refractivity contribution in [3.05, 3.63) is 88.2 Å². The Balaban J connectivity index is 1.75. The summed E-state index contributed by atoms with van der Waals surface area (Å²) in [5.41, 5.74) is 1.50. The van der Waals surface area contributed by atoms with Crippen molar-refractivity contribution in [1.29, 1.82) is 5.26 Å². The van der Waals surface area contributed by atoms with Crippen LogP contribution in [0.1, 0.15) is 33.2 Å². The number of nitriles is 1. The van der Waals surface area contributed by atoms with Crippen LogP contribution in [0.3, 0.4) is 0 Å². The zero-order valence-corrected chi connectivity index (χ0v) is 19.1. The topological polar surface area (TPSA) is 95.3 Å². The molecular formula is C26H16ClFN4O3. The monoisotopic (exact) mass is 486 g/mol. The van der Waals surface area contributed by atoms with E-state index in [1.807, 2.05) is 6.92 Å². The molecule has 0 saturated heterocycles. The van der Waals surface area contributed by atoms with Crippen LogP contribution in [0.5, 0.6) is 5.75 Å². The van der Waals surface area contributed by atoms with Gasteiger partial charge >= 0.3 is 0 Å². The maximum Gasteiger partial charge on any atom is 0.267 e. The van der Waals surface area contributed by atoms with E-state index in [4.69, 9.17) is 16.3 Å². The number of carbonyl (C=O) groups is 2. The van der Waals surface area contributed by atoms with Crippen LogP contribution in [0, 0.1) is 17.1 Å². The Labute approximate surface area is 204 Å². The number of amides is 2. The molecule has 1 aromatic heterocycles. The average Bonchev–Trinajstić information content (AvgIpc) is 3.11. The highest BCUT2D eigenvalue weighted by atomic mass is 35.5. The Morgan fingerprint density at radius 1 is 1.09 bits per heavy atom. The Bertz CT molecular complexity index is 1550. The molecule has 0 radical (unpaired) electrons. The Morgan fingerprint density at radius 2 is 1.80 bits per heavy atom. The van der Waals surface area contributed by atoms with Crippen LogP contribution in [0.25, 0.3) is 10.9 Å². The normalized spacial score (nSPS) is 12.6. The summed E-state index contributed by atoms with van der Waals surface area (Å²) in [6, 6.07) is 17.6. The molecule has 9 heteroatoms. The highest BCUT2D eigenvalue weighted by molar-refractivity contribution is 6.35. The van der Waals surface area contributed by atoms with Crippen molar-refractivity contribution in [2.75, 3.05) is 16.8 Å². The quantitative estimate of drug-likeness (QED) is 0.356. The Hall–Kier alpha value is -4.48. The van der Waals surface area contributed by atoms with Crippen LogP contribution < -0.4 is 15.0 Å². The van der Waals surface area contributed by atoms with E-state index in [-0.39, 0.29) is 33.2 Å². The fourth-order valence-corrected chi connectivity index (χ4v) is 4.17. The molecule has 2 amide bonds. The lowest BCUT2D eigenvalue weighted by atomic mass is 10.1. The number of nitrogens with one attached hydrogen (secondary N) is 1. The molecule has 2 heterocycles. The highest BCUT2D eigenvalue weighted by Crippen LogP contribution is 2.39. The molecular weight excluding hydrogens is 471 g/mol. The van der Waals surface area contributed by atoms with Crippen LogP contribution in [-0.4, -0.2) is 23.4 Å². The summed E-state index contributed by atoms with van der Waals surface area (Å²) >= 11 is 5.95. The third-order valence-corrected chi connectivity index (χ3v) is 5.85. The minimum atomic E-state index is -0.592. The third kappa shape index (κ3) is 3.72. The number of fused-ring (bicyclic) bond motifs is 2. The Kier molecular flexibility index (Phi) is 5.55. The molecule has 0 spiro atoms. The van der Waals surface area contributed by atoms with Gasteiger partial charge in [0.05, 0.1) is 34.0 Å². The number of aromatic nitrogens is 1. The van der Waals surface area contributed by atoms with Crippen molar-refractivity contribution in [2.24, 2.45) is 0 Å². The van der Waals surface area contributed by atoms with Crippen LogP contribution in [0.15, 0.2) is 60.7 Å². The first-order chi connectivity index (χ1) is 16.9. The maximum atomic E-state index is 13.7. The number of halogens is 2. The molecule has 0 unspecified atom stereocenters. The average molecular weight is 487 g/mol. The third-order valence-electron chi connectivity index (χ3n) is 5.56. The fraction of sp³-hybridized carbons (Fsp3) is 0.0769. The fourth-order valence-electron chi connectivity index (χ4n) is 3.99. The lowest BCUT2D eigenvalue weighted by Crippen LogP contribution is -2.31. The van der Waals surface area contributed by atoms with E-state index in [0.717, 1.165) is 4.90 Å². The van der Waals surface area contributed by atoms with Crippen LogP contribution in [-0.2, 0) is 0 Å². The summed E-state index contributed by atoms with van der Waals surface area (Å²) in [7, 11) is 0. The van der Waals surface area contributed by atoms with E-state index in [1.165, 1.54) is 18.2 Å². The van der Waals surface area contributed by atoms with Crippen LogP contribution in [0.4, 0.5) is 21.6 Å². The number of carbonyl (C=O) groups excluding carboxylic acids is 2. The number of rotatable bonds is 5. The molecule has 1 N–H and O–H groups in total. The first kappa shape index (κ1) is 22.3. The van der Waals surface area contributed by atoms with E-state index in [0.29, 0.717) is 28.9 Å². The van der Waals surface area contributed by atoms with Crippen molar-refractivity contribution in [3.8, 4) is 11.8 Å². The van der Waals surface area contributed by atoms with Gasteiger partial charge in [-0.25, -0.2) is 14.3 Å². The number of nitrogens with zero attached hydrogens (tertiary/aromatic N) is 3. The minimum absolute atomic E-state index is 0.0309. The summed E-state index contributed by atoms with van der Waals surface area (Å²) in [4.78, 5) is 31.8. The number of benzene rings is 3. The zero-order chi connectivity index (χ0) is 24.7. The van der Waals surface area contributed by atoms with Crippen molar-refractivity contribution in [1.82, 2.24) is 4.98 Å². The molecule has 5 rings (SSSR count). The molecule has 0 fully saturated rings. The van der Waals surface area contributed by atoms with Gasteiger partial charge in [0.2, 0.25) is 0 Å². The van der Waals surface area contributed by atoms with Gasteiger partial charge in [-0.05, 0) is 49.4 Å². The predicted octanol–water partition coefficient (Wildman–Crippen LogP) is 5.84. The van der Waals surface area contributed by atoms with E-state index in [1.54, 1.807) is 42.5 Å². The maximum absolute atomic E-state index is 13.7. The molecule has 172 valence electrons. The number of hydrogen-bond acceptors (Lipinski definition) is 6. The van der Waals surface area contributed by atoms with Gasteiger partial charge in [0.25, 0.3) is 11.8 Å². The summed E-state index contributed by atoms with van der Waals surface area (Å²) in [5, 5.41) is 13.7. The van der Waals surface area contributed by atoms with Gasteiger partial charge < -0.3 is 10.1 Å². The summed E-state index contributed by atoms with van der Waals surface area (Å²) in [5.74, 6) is -1.33. The number of ether oxygens (including phenoxy) is 1. The molecule has 3 aromatic carbocycles. The number of anilines is 3. The second-order valence-corrected chi connectivity index (χ2v) is 8.06. The second-order valence-electron chi connectivity index (χ2n) is 7.65. The number of pyridine rings is 1. The van der Waals surface area contributed by atoms with Gasteiger partial charge in [0.15, 0.2) is 5.82 Å². The van der Waals surface area contributed by atoms with E-state index < -0.39 is 17.6 Å². The smallest absolute Gasteiger partial charge is 0.267 e. The first-order valence-electron chi connectivity index (χ1n) is 10.6. The second kappa shape index (κ2) is 8.70. The SMILES string of the molecule is CCOc1ccc2c(Nc3ccc(F)c(Cl)c3)c(C#N)c(N3C(=O)c4ccccc4C3=O)nc2c1. The highest BCUT2D eigenvalue weighted by Gasteiger charge is 2.39. The van der Waals surface area contributed by atoms with Crippen molar-refractivity contribution < 1.29 is 18.7 Å². The van der Waals surface area contributed by atoms with Crippen molar-refractivity contribution in [3.63, 3.8) is 0 Å². The summed E-state index contributed by atoms with van der Waals surface area (Å²) in [6.45, 7) is 2.26. The minimum Gasteiger partial charge on any atom is -0.494 e. The van der Waals surface area contributed by atoms with Crippen molar-refractivity contribution in [2.45, 2.75) is 6.92 Å². The Morgan fingerprint density at radius 3 is 2.43 bits per heavy atom. The lowest BCUT2D eigenvalue weighted by Gasteiger charge is -2.20. The van der Waals surface area contributed by atoms with Gasteiger partial charge in [0, 0.05) is 17.1 Å². The van der Waals surface area contributed by atoms with Gasteiger partial charge in [-0.1, -0.05) is 23.7 Å². The molecule has 0 saturated carbocycles. The van der Waals surface area contributed by atoms with Crippen molar-refractivity contribution >= 4 is 51.5 Å². The predicted molar refractivity (Wildman–Crippen MR) is 130 cm³/mol. The molecule has 7 nitrogen and oxygen atoms in total. The zero-order valence-electron chi connectivity index (χ0n) is 18.3. The van der Waals surface area contributed by atoms with Gasteiger partial charge in [0.1, 0.15) is 23.2 Å². The van der Waals surface area contributed by atoms with Gasteiger partial charge in [-0.2, -0.15) is 5.26 Å². The van der Waals surface area contributed by atoms with Gasteiger partial charge in [-0.3, -0.25) is 9.59 Å². The molecule has 0 aliphatic carbocycles. The summed E-state index contributed by atoms with van der Waals surface area (Å²) in [6.07, 6.45) is 0.